The molecular weight excluding hydrogens is 348 g/mol. The summed E-state index contributed by atoms with van der Waals surface area (Å²) in [5.41, 5.74) is -5.75. The molecule has 0 fully saturated rings. The molecule has 0 N–H and O–H groups in total. The molecule has 0 heterocycles. The maximum atomic E-state index is 13.5. The van der Waals surface area contributed by atoms with Crippen LogP contribution in [0.15, 0.2) is 46.6 Å². The van der Waals surface area contributed by atoms with E-state index >= 15 is 0 Å². The molecule has 2 nitrogen and oxygen atoms in total. The minimum atomic E-state index is -5.02. The SMILES string of the molecule is Fc1cccc(C(F)(F)F)c1N=Nc1c(F)cccc1C(F)(F)F. The Labute approximate surface area is 129 Å². The summed E-state index contributed by atoms with van der Waals surface area (Å²) in [6.45, 7) is 0. The fourth-order valence-electron chi connectivity index (χ4n) is 1.79. The first-order valence-electron chi connectivity index (χ1n) is 6.15. The number of hydrogen-bond donors (Lipinski definition) is 0. The third-order valence-corrected chi connectivity index (χ3v) is 2.83. The van der Waals surface area contributed by atoms with Gasteiger partial charge < -0.3 is 0 Å². The average Bonchev–Trinajstić information content (AvgIpc) is 2.44. The lowest BCUT2D eigenvalue weighted by atomic mass is 10.1. The third kappa shape index (κ3) is 3.69. The van der Waals surface area contributed by atoms with Gasteiger partial charge in [-0.3, -0.25) is 0 Å². The number of azo groups is 1. The lowest BCUT2D eigenvalue weighted by molar-refractivity contribution is -0.138. The Morgan fingerprint density at radius 3 is 1.21 bits per heavy atom. The Balaban J connectivity index is 2.59. The molecule has 0 saturated heterocycles. The smallest absolute Gasteiger partial charge is 0.205 e. The number of halogens is 8. The summed E-state index contributed by atoms with van der Waals surface area (Å²) >= 11 is 0. The van der Waals surface area contributed by atoms with Crippen molar-refractivity contribution in [2.24, 2.45) is 10.2 Å². The molecule has 0 aliphatic carbocycles. The van der Waals surface area contributed by atoms with Crippen LogP contribution in [-0.4, -0.2) is 0 Å². The summed E-state index contributed by atoms with van der Waals surface area (Å²) in [7, 11) is 0. The molecule has 0 bridgehead atoms. The Hall–Kier alpha value is -2.52. The third-order valence-electron chi connectivity index (χ3n) is 2.83. The van der Waals surface area contributed by atoms with Crippen LogP contribution in [-0.2, 0) is 12.4 Å². The molecule has 0 atom stereocenters. The Morgan fingerprint density at radius 2 is 0.917 bits per heavy atom. The second-order valence-corrected chi connectivity index (χ2v) is 4.47. The lowest BCUT2D eigenvalue weighted by Gasteiger charge is -2.11. The zero-order valence-electron chi connectivity index (χ0n) is 11.4. The van der Waals surface area contributed by atoms with Gasteiger partial charge >= 0.3 is 12.4 Å². The van der Waals surface area contributed by atoms with Crippen LogP contribution in [0.3, 0.4) is 0 Å². The van der Waals surface area contributed by atoms with Crippen LogP contribution >= 0.6 is 0 Å². The van der Waals surface area contributed by atoms with Crippen molar-refractivity contribution in [2.75, 3.05) is 0 Å². The molecule has 0 radical (unpaired) electrons. The molecule has 0 aromatic heterocycles. The van der Waals surface area contributed by atoms with Crippen molar-refractivity contribution in [2.45, 2.75) is 12.4 Å². The fourth-order valence-corrected chi connectivity index (χ4v) is 1.79. The second kappa shape index (κ2) is 6.17. The van der Waals surface area contributed by atoms with Gasteiger partial charge in [0.15, 0.2) is 11.6 Å². The van der Waals surface area contributed by atoms with Gasteiger partial charge in [0.25, 0.3) is 0 Å². The summed E-state index contributed by atoms with van der Waals surface area (Å²) in [5, 5.41) is 5.73. The molecule has 24 heavy (non-hydrogen) atoms. The van der Waals surface area contributed by atoms with Gasteiger partial charge in [-0.15, -0.1) is 10.2 Å². The Kier molecular flexibility index (Phi) is 4.59. The molecule has 0 aliphatic rings. The van der Waals surface area contributed by atoms with E-state index in [-0.39, 0.29) is 0 Å². The summed E-state index contributed by atoms with van der Waals surface area (Å²) in [6.07, 6.45) is -10.0. The molecule has 0 unspecified atom stereocenters. The lowest BCUT2D eigenvalue weighted by Crippen LogP contribution is -2.06. The predicted octanol–water partition coefficient (Wildman–Crippen LogP) is 6.42. The van der Waals surface area contributed by atoms with Crippen LogP contribution in [0.2, 0.25) is 0 Å². The second-order valence-electron chi connectivity index (χ2n) is 4.47. The van der Waals surface area contributed by atoms with Gasteiger partial charge in [0.1, 0.15) is 11.4 Å². The summed E-state index contributed by atoms with van der Waals surface area (Å²) < 4.78 is 104. The molecule has 10 heteroatoms. The van der Waals surface area contributed by atoms with E-state index in [1.165, 1.54) is 0 Å². The van der Waals surface area contributed by atoms with Crippen LogP contribution < -0.4 is 0 Å². The van der Waals surface area contributed by atoms with E-state index in [9.17, 15) is 35.1 Å². The first-order chi connectivity index (χ1) is 11.0. The van der Waals surface area contributed by atoms with Gasteiger partial charge in [0, 0.05) is 0 Å². The van der Waals surface area contributed by atoms with Crippen molar-refractivity contribution >= 4 is 11.4 Å². The first kappa shape index (κ1) is 17.8. The Bertz CT molecular complexity index is 712. The summed E-state index contributed by atoms with van der Waals surface area (Å²) in [4.78, 5) is 0. The largest absolute Gasteiger partial charge is 0.418 e. The quantitative estimate of drug-likeness (QED) is 0.439. The van der Waals surface area contributed by atoms with E-state index in [2.05, 4.69) is 10.2 Å². The fraction of sp³-hybridized carbons (Fsp3) is 0.143. The van der Waals surface area contributed by atoms with Crippen molar-refractivity contribution in [1.29, 1.82) is 0 Å². The molecule has 0 spiro atoms. The number of benzene rings is 2. The predicted molar refractivity (Wildman–Crippen MR) is 67.0 cm³/mol. The van der Waals surface area contributed by atoms with Gasteiger partial charge in [-0.2, -0.15) is 26.3 Å². The van der Waals surface area contributed by atoms with E-state index in [1.807, 2.05) is 0 Å². The van der Waals surface area contributed by atoms with Gasteiger partial charge in [0.2, 0.25) is 0 Å². The van der Waals surface area contributed by atoms with E-state index < -0.39 is 46.5 Å². The van der Waals surface area contributed by atoms with Crippen molar-refractivity contribution in [1.82, 2.24) is 0 Å². The topological polar surface area (TPSA) is 24.7 Å². The van der Waals surface area contributed by atoms with Crippen LogP contribution in [0.4, 0.5) is 46.5 Å². The average molecular weight is 354 g/mol. The maximum absolute atomic E-state index is 13.5. The minimum absolute atomic E-state index is 0.476. The van der Waals surface area contributed by atoms with Crippen LogP contribution in [0.5, 0.6) is 0 Å². The van der Waals surface area contributed by atoms with E-state index in [0.29, 0.717) is 24.3 Å². The summed E-state index contributed by atoms with van der Waals surface area (Å²) in [5.74, 6) is -2.92. The van der Waals surface area contributed by atoms with Gasteiger partial charge in [0.05, 0.1) is 11.1 Å². The highest BCUT2D eigenvalue weighted by atomic mass is 19.4. The Morgan fingerprint density at radius 1 is 0.583 bits per heavy atom. The molecule has 2 aromatic rings. The molecule has 2 aromatic carbocycles. The highest BCUT2D eigenvalue weighted by Gasteiger charge is 2.36. The zero-order valence-corrected chi connectivity index (χ0v) is 11.4. The molecule has 0 saturated carbocycles. The van der Waals surface area contributed by atoms with Crippen LogP contribution in [0.1, 0.15) is 11.1 Å². The maximum Gasteiger partial charge on any atom is 0.418 e. The van der Waals surface area contributed by atoms with Gasteiger partial charge in [-0.25, -0.2) is 8.78 Å². The number of hydrogen-bond acceptors (Lipinski definition) is 2. The number of rotatable bonds is 2. The zero-order chi connectivity index (χ0) is 18.1. The first-order valence-corrected chi connectivity index (χ1v) is 6.15. The van der Waals surface area contributed by atoms with Crippen molar-refractivity contribution in [3.63, 3.8) is 0 Å². The highest BCUT2D eigenvalue weighted by Crippen LogP contribution is 2.41. The number of nitrogens with zero attached hydrogens (tertiary/aromatic N) is 2. The number of alkyl halides is 6. The standard InChI is InChI=1S/C14H6F8N2/c15-9-5-1-3-7(13(17,18)19)11(9)23-24-12-8(14(20,21)22)4-2-6-10(12)16/h1-6H. The monoisotopic (exact) mass is 354 g/mol. The molecule has 2 rings (SSSR count). The van der Waals surface area contributed by atoms with Crippen LogP contribution in [0, 0.1) is 11.6 Å². The van der Waals surface area contributed by atoms with E-state index in [1.54, 1.807) is 0 Å². The van der Waals surface area contributed by atoms with E-state index in [0.717, 1.165) is 12.1 Å². The van der Waals surface area contributed by atoms with Gasteiger partial charge in [-0.1, -0.05) is 12.1 Å². The normalized spacial score (nSPS) is 12.8. The van der Waals surface area contributed by atoms with Crippen molar-refractivity contribution < 1.29 is 35.1 Å². The van der Waals surface area contributed by atoms with E-state index in [4.69, 9.17) is 0 Å². The molecule has 0 aliphatic heterocycles. The summed E-state index contributed by atoms with van der Waals surface area (Å²) in [6, 6.07) is 3.70. The minimum Gasteiger partial charge on any atom is -0.205 e. The molecule has 128 valence electrons. The molecular formula is C14H6F8N2. The molecule has 0 amide bonds. The highest BCUT2D eigenvalue weighted by molar-refractivity contribution is 5.52. The van der Waals surface area contributed by atoms with Gasteiger partial charge in [-0.05, 0) is 24.3 Å². The van der Waals surface area contributed by atoms with Crippen molar-refractivity contribution in [3.05, 3.63) is 59.2 Å². The van der Waals surface area contributed by atoms with Crippen molar-refractivity contribution in [3.8, 4) is 0 Å². The van der Waals surface area contributed by atoms with Crippen LogP contribution in [0.25, 0.3) is 0 Å².